The zero-order valence-corrected chi connectivity index (χ0v) is 22.5. The second-order valence-corrected chi connectivity index (χ2v) is 13.6. The van der Waals surface area contributed by atoms with E-state index >= 15 is 0 Å². The molecular weight excluding hydrogens is 470 g/mol. The predicted molar refractivity (Wildman–Crippen MR) is 135 cm³/mol. The Kier molecular flexibility index (Phi) is 8.25. The van der Waals surface area contributed by atoms with Gasteiger partial charge in [-0.05, 0) is 49.9 Å². The van der Waals surface area contributed by atoms with Crippen molar-refractivity contribution in [1.82, 2.24) is 13.9 Å². The van der Waals surface area contributed by atoms with Crippen LogP contribution in [0.25, 0.3) is 0 Å². The van der Waals surface area contributed by atoms with Crippen molar-refractivity contribution < 1.29 is 16.8 Å². The molecule has 2 atom stereocenters. The Hall–Kier alpha value is -1.78. The maximum Gasteiger partial charge on any atom is 0.244 e. The standard InChI is InChI=1S/C25H37N3O4S2/c1-18(2)24(26-33(29,30)22-11-7-20(5)8-12-22)15-27-16-25(19(3)4)28(17-27)34(31,32)23-13-9-21(6)10-14-23/h7-14,18-19,24-26H,15-17H2,1-6H3/t24-,25-/m1/s1. The largest absolute Gasteiger partial charge is 0.286 e. The molecule has 2 aromatic rings. The summed E-state index contributed by atoms with van der Waals surface area (Å²) in [6, 6.07) is 13.1. The van der Waals surface area contributed by atoms with Crippen molar-refractivity contribution in [2.24, 2.45) is 11.8 Å². The molecule has 0 radical (unpaired) electrons. The SMILES string of the molecule is Cc1ccc(S(=O)(=O)N[C@H](CN2C[C@H](C(C)C)N(S(=O)(=O)c3ccc(C)cc3)C2)C(C)C)cc1. The Morgan fingerprint density at radius 2 is 1.35 bits per heavy atom. The number of nitrogens with one attached hydrogen (secondary N) is 1. The molecule has 0 bridgehead atoms. The van der Waals surface area contributed by atoms with Gasteiger partial charge in [-0.15, -0.1) is 0 Å². The van der Waals surface area contributed by atoms with E-state index in [-0.39, 0.29) is 40.4 Å². The summed E-state index contributed by atoms with van der Waals surface area (Å²) in [7, 11) is -7.36. The lowest BCUT2D eigenvalue weighted by Gasteiger charge is -2.27. The van der Waals surface area contributed by atoms with E-state index in [2.05, 4.69) is 4.72 Å². The van der Waals surface area contributed by atoms with Gasteiger partial charge >= 0.3 is 0 Å². The van der Waals surface area contributed by atoms with Crippen molar-refractivity contribution in [2.75, 3.05) is 19.8 Å². The molecule has 1 N–H and O–H groups in total. The third-order valence-electron chi connectivity index (χ3n) is 6.45. The van der Waals surface area contributed by atoms with Gasteiger partial charge in [-0.2, -0.15) is 4.31 Å². The van der Waals surface area contributed by atoms with E-state index < -0.39 is 20.0 Å². The molecule has 0 aromatic heterocycles. The van der Waals surface area contributed by atoms with Crippen molar-refractivity contribution in [3.63, 3.8) is 0 Å². The Labute approximate surface area is 205 Å². The summed E-state index contributed by atoms with van der Waals surface area (Å²) in [6.45, 7) is 13.0. The zero-order chi connectivity index (χ0) is 25.3. The van der Waals surface area contributed by atoms with Crippen LogP contribution in [0, 0.1) is 25.7 Å². The molecule has 0 spiro atoms. The van der Waals surface area contributed by atoms with E-state index in [1.807, 2.05) is 46.4 Å². The number of aryl methyl sites for hydroxylation is 2. The Bertz CT molecular complexity index is 1180. The number of sulfonamides is 2. The quantitative estimate of drug-likeness (QED) is 0.561. The summed E-state index contributed by atoms with van der Waals surface area (Å²) in [4.78, 5) is 2.55. The Balaban J connectivity index is 1.80. The summed E-state index contributed by atoms with van der Waals surface area (Å²) in [5, 5.41) is 0. The van der Waals surface area contributed by atoms with Crippen LogP contribution in [0.1, 0.15) is 38.8 Å². The van der Waals surface area contributed by atoms with Gasteiger partial charge in [0, 0.05) is 25.2 Å². The molecule has 0 amide bonds. The first-order chi connectivity index (χ1) is 15.8. The predicted octanol–water partition coefficient (Wildman–Crippen LogP) is 3.59. The van der Waals surface area contributed by atoms with Gasteiger partial charge in [0.1, 0.15) is 0 Å². The highest BCUT2D eigenvalue weighted by atomic mass is 32.2. The number of rotatable bonds is 9. The van der Waals surface area contributed by atoms with Crippen LogP contribution in [-0.2, 0) is 20.0 Å². The van der Waals surface area contributed by atoms with Gasteiger partial charge in [-0.3, -0.25) is 4.90 Å². The zero-order valence-electron chi connectivity index (χ0n) is 20.9. The fraction of sp³-hybridized carbons (Fsp3) is 0.520. The molecular formula is C25H37N3O4S2. The highest BCUT2D eigenvalue weighted by Gasteiger charge is 2.41. The van der Waals surface area contributed by atoms with Gasteiger partial charge in [0.25, 0.3) is 0 Å². The van der Waals surface area contributed by atoms with E-state index in [1.54, 1.807) is 52.8 Å². The number of nitrogens with zero attached hydrogens (tertiary/aromatic N) is 2. The summed E-state index contributed by atoms with van der Waals surface area (Å²) in [5.41, 5.74) is 1.99. The second kappa shape index (κ2) is 10.5. The first-order valence-corrected chi connectivity index (χ1v) is 14.6. The van der Waals surface area contributed by atoms with E-state index in [4.69, 9.17) is 0 Å². The van der Waals surface area contributed by atoms with E-state index in [0.717, 1.165) is 11.1 Å². The van der Waals surface area contributed by atoms with Crippen LogP contribution >= 0.6 is 0 Å². The summed E-state index contributed by atoms with van der Waals surface area (Å²) < 4.78 is 57.3. The Morgan fingerprint density at radius 3 is 1.82 bits per heavy atom. The van der Waals surface area contributed by atoms with Crippen molar-refractivity contribution in [1.29, 1.82) is 0 Å². The van der Waals surface area contributed by atoms with E-state index in [0.29, 0.717) is 13.1 Å². The van der Waals surface area contributed by atoms with Crippen molar-refractivity contribution >= 4 is 20.0 Å². The fourth-order valence-electron chi connectivity index (χ4n) is 4.14. The molecule has 9 heteroatoms. The number of benzene rings is 2. The van der Waals surface area contributed by atoms with Gasteiger partial charge in [0.15, 0.2) is 0 Å². The lowest BCUT2D eigenvalue weighted by atomic mass is 10.0. The lowest BCUT2D eigenvalue weighted by molar-refractivity contribution is 0.253. The van der Waals surface area contributed by atoms with Crippen molar-refractivity contribution in [3.8, 4) is 0 Å². The first-order valence-electron chi connectivity index (χ1n) is 11.7. The highest BCUT2D eigenvalue weighted by molar-refractivity contribution is 7.89. The number of hydrogen-bond acceptors (Lipinski definition) is 5. The molecule has 0 unspecified atom stereocenters. The molecule has 2 aromatic carbocycles. The van der Waals surface area contributed by atoms with Gasteiger partial charge in [0.2, 0.25) is 20.0 Å². The summed E-state index contributed by atoms with van der Waals surface area (Å²) >= 11 is 0. The van der Waals surface area contributed by atoms with Crippen LogP contribution in [0.2, 0.25) is 0 Å². The van der Waals surface area contributed by atoms with Crippen LogP contribution in [0.3, 0.4) is 0 Å². The van der Waals surface area contributed by atoms with Crippen LogP contribution in [0.5, 0.6) is 0 Å². The smallest absolute Gasteiger partial charge is 0.244 e. The van der Waals surface area contributed by atoms with Gasteiger partial charge in [-0.25, -0.2) is 21.6 Å². The molecule has 1 aliphatic rings. The summed E-state index contributed by atoms with van der Waals surface area (Å²) in [6.07, 6.45) is 0. The topological polar surface area (TPSA) is 86.8 Å². The molecule has 1 aliphatic heterocycles. The van der Waals surface area contributed by atoms with Crippen LogP contribution in [-0.4, -0.2) is 57.9 Å². The van der Waals surface area contributed by atoms with Gasteiger partial charge in [0.05, 0.1) is 16.5 Å². The normalized spacial score (nSPS) is 19.2. The minimum Gasteiger partial charge on any atom is -0.286 e. The van der Waals surface area contributed by atoms with Crippen molar-refractivity contribution in [3.05, 3.63) is 59.7 Å². The minimum absolute atomic E-state index is 0.0282. The monoisotopic (exact) mass is 507 g/mol. The maximum atomic E-state index is 13.5. The maximum absolute atomic E-state index is 13.5. The summed E-state index contributed by atoms with van der Waals surface area (Å²) in [5.74, 6) is 0.146. The van der Waals surface area contributed by atoms with Crippen molar-refractivity contribution in [2.45, 2.75) is 63.4 Å². The fourth-order valence-corrected chi connectivity index (χ4v) is 7.25. The highest BCUT2D eigenvalue weighted by Crippen LogP contribution is 2.28. The van der Waals surface area contributed by atoms with Gasteiger partial charge < -0.3 is 0 Å². The molecule has 1 saturated heterocycles. The third kappa shape index (κ3) is 6.07. The van der Waals surface area contributed by atoms with E-state index in [9.17, 15) is 16.8 Å². The molecule has 7 nitrogen and oxygen atoms in total. The average molecular weight is 508 g/mol. The molecule has 188 valence electrons. The molecule has 1 heterocycles. The minimum atomic E-state index is -3.69. The third-order valence-corrected chi connectivity index (χ3v) is 9.83. The Morgan fingerprint density at radius 1 is 0.853 bits per heavy atom. The average Bonchev–Trinajstić information content (AvgIpc) is 3.19. The molecule has 1 fully saturated rings. The van der Waals surface area contributed by atoms with Crippen LogP contribution in [0.4, 0.5) is 0 Å². The van der Waals surface area contributed by atoms with Crippen LogP contribution in [0.15, 0.2) is 58.3 Å². The van der Waals surface area contributed by atoms with Gasteiger partial charge in [-0.1, -0.05) is 63.1 Å². The molecule has 3 rings (SSSR count). The van der Waals surface area contributed by atoms with Crippen LogP contribution < -0.4 is 4.72 Å². The molecule has 34 heavy (non-hydrogen) atoms. The first kappa shape index (κ1) is 26.8. The second-order valence-electron chi connectivity index (χ2n) is 9.98. The number of hydrogen-bond donors (Lipinski definition) is 1. The molecule has 0 saturated carbocycles. The lowest BCUT2D eigenvalue weighted by Crippen LogP contribution is -2.46. The molecule has 0 aliphatic carbocycles. The van der Waals surface area contributed by atoms with E-state index in [1.165, 1.54) is 0 Å².